The van der Waals surface area contributed by atoms with Crippen LogP contribution in [0.5, 0.6) is 0 Å². The van der Waals surface area contributed by atoms with E-state index in [1.54, 1.807) is 47.0 Å². The topological polar surface area (TPSA) is 104 Å². The number of imidazole rings is 1. The van der Waals surface area contributed by atoms with Crippen LogP contribution in [0.15, 0.2) is 52.1 Å². The number of nitrogens with one attached hydrogen (secondary N) is 2. The largest absolute Gasteiger partial charge is 0.471 e. The number of halogens is 4. The normalized spacial score (nSPS) is 18.1. The SMILES string of the molecule is O=C(N(CCCCc1nc2ccccc2c(=O)[nH]1)C1CCC(n2c(=O)[nH]c3cc(Cl)ccc32)CC1)C(F)(F)F. The van der Waals surface area contributed by atoms with Crippen molar-refractivity contribution in [1.29, 1.82) is 0 Å². The van der Waals surface area contributed by atoms with Crippen LogP contribution in [0, 0.1) is 0 Å². The molecule has 0 saturated heterocycles. The summed E-state index contributed by atoms with van der Waals surface area (Å²) < 4.78 is 42.1. The molecule has 206 valence electrons. The zero-order chi connectivity index (χ0) is 27.7. The summed E-state index contributed by atoms with van der Waals surface area (Å²) in [5.74, 6) is -1.39. The second-order valence-electron chi connectivity index (χ2n) is 9.91. The van der Waals surface area contributed by atoms with Crippen LogP contribution in [-0.2, 0) is 11.2 Å². The van der Waals surface area contributed by atoms with Gasteiger partial charge in [-0.15, -0.1) is 0 Å². The van der Waals surface area contributed by atoms with Gasteiger partial charge in [0.2, 0.25) is 0 Å². The average molecular weight is 562 g/mol. The highest BCUT2D eigenvalue weighted by Crippen LogP contribution is 2.34. The standard InChI is InChI=1S/C27H27ClF3N5O3/c28-16-8-13-22-21(15-16)33-26(39)36(22)18-11-9-17(10-12-18)35(25(38)27(29,30)31)14-4-3-7-23-32-20-6-2-1-5-19(20)24(37)34-23/h1-2,5-6,8,13,15,17-18H,3-4,7,9-12,14H2,(H,33,39)(H,32,34,37). The summed E-state index contributed by atoms with van der Waals surface area (Å²) in [5, 5.41) is 0.959. The number of benzene rings is 2. The van der Waals surface area contributed by atoms with Crippen LogP contribution in [0.4, 0.5) is 13.2 Å². The van der Waals surface area contributed by atoms with E-state index in [1.807, 2.05) is 0 Å². The smallest absolute Gasteiger partial charge is 0.332 e. The van der Waals surface area contributed by atoms with Gasteiger partial charge in [-0.25, -0.2) is 9.78 Å². The van der Waals surface area contributed by atoms with E-state index in [0.717, 1.165) is 4.90 Å². The van der Waals surface area contributed by atoms with E-state index in [4.69, 9.17) is 11.6 Å². The van der Waals surface area contributed by atoms with Crippen LogP contribution in [-0.4, -0.2) is 49.1 Å². The maximum Gasteiger partial charge on any atom is 0.471 e. The Kier molecular flexibility index (Phi) is 7.53. The Morgan fingerprint density at radius 2 is 1.79 bits per heavy atom. The lowest BCUT2D eigenvalue weighted by Crippen LogP contribution is -2.49. The van der Waals surface area contributed by atoms with Crippen molar-refractivity contribution < 1.29 is 18.0 Å². The van der Waals surface area contributed by atoms with E-state index >= 15 is 0 Å². The van der Waals surface area contributed by atoms with Crippen molar-refractivity contribution in [2.75, 3.05) is 6.54 Å². The zero-order valence-electron chi connectivity index (χ0n) is 20.9. The number of hydrogen-bond acceptors (Lipinski definition) is 4. The van der Waals surface area contributed by atoms with E-state index in [-0.39, 0.29) is 23.8 Å². The van der Waals surface area contributed by atoms with E-state index in [2.05, 4.69) is 15.0 Å². The number of para-hydroxylation sites is 1. The van der Waals surface area contributed by atoms with Gasteiger partial charge in [-0.2, -0.15) is 13.2 Å². The number of nitrogens with zero attached hydrogens (tertiary/aromatic N) is 3. The summed E-state index contributed by atoms with van der Waals surface area (Å²) >= 11 is 6.02. The molecule has 2 aromatic heterocycles. The van der Waals surface area contributed by atoms with Gasteiger partial charge in [0, 0.05) is 30.1 Å². The van der Waals surface area contributed by atoms with Crippen molar-refractivity contribution in [3.63, 3.8) is 0 Å². The highest BCUT2D eigenvalue weighted by Gasteiger charge is 2.45. The number of aryl methyl sites for hydroxylation is 1. The molecule has 1 aliphatic rings. The number of H-pyrrole nitrogens is 2. The minimum absolute atomic E-state index is 0.0585. The Morgan fingerprint density at radius 1 is 1.05 bits per heavy atom. The molecule has 0 aliphatic heterocycles. The summed E-state index contributed by atoms with van der Waals surface area (Å²) in [6.45, 7) is -0.0585. The molecule has 2 aromatic carbocycles. The van der Waals surface area contributed by atoms with Crippen molar-refractivity contribution in [2.24, 2.45) is 0 Å². The first-order valence-corrected chi connectivity index (χ1v) is 13.2. The molecule has 0 unspecified atom stereocenters. The highest BCUT2D eigenvalue weighted by molar-refractivity contribution is 6.31. The molecular weight excluding hydrogens is 535 g/mol. The molecule has 8 nitrogen and oxygen atoms in total. The van der Waals surface area contributed by atoms with Gasteiger partial charge in [0.1, 0.15) is 5.82 Å². The van der Waals surface area contributed by atoms with E-state index < -0.39 is 18.1 Å². The summed E-state index contributed by atoms with van der Waals surface area (Å²) in [6.07, 6.45) is -2.22. The van der Waals surface area contributed by atoms with E-state index in [9.17, 15) is 27.6 Å². The lowest BCUT2D eigenvalue weighted by Gasteiger charge is -2.37. The number of rotatable bonds is 7. The Labute approximate surface area is 225 Å². The number of alkyl halides is 3. The fourth-order valence-electron chi connectivity index (χ4n) is 5.53. The lowest BCUT2D eigenvalue weighted by atomic mass is 9.89. The lowest BCUT2D eigenvalue weighted by molar-refractivity contribution is -0.188. The van der Waals surface area contributed by atoms with Crippen molar-refractivity contribution in [1.82, 2.24) is 24.4 Å². The third-order valence-electron chi connectivity index (χ3n) is 7.38. The second-order valence-corrected chi connectivity index (χ2v) is 10.3. The monoisotopic (exact) mass is 561 g/mol. The molecule has 2 heterocycles. The fraction of sp³-hybridized carbons (Fsp3) is 0.407. The van der Waals surface area contributed by atoms with Gasteiger partial charge in [0.25, 0.3) is 5.56 Å². The molecule has 2 N–H and O–H groups in total. The predicted molar refractivity (Wildman–Crippen MR) is 142 cm³/mol. The highest BCUT2D eigenvalue weighted by atomic mass is 35.5. The van der Waals surface area contributed by atoms with Crippen molar-refractivity contribution in [3.8, 4) is 0 Å². The first-order valence-electron chi connectivity index (χ1n) is 12.9. The predicted octanol–water partition coefficient (Wildman–Crippen LogP) is 5.12. The number of hydrogen-bond donors (Lipinski definition) is 2. The number of amides is 1. The number of aromatic amines is 2. The zero-order valence-corrected chi connectivity index (χ0v) is 21.7. The first kappa shape index (κ1) is 27.0. The van der Waals surface area contributed by atoms with Gasteiger partial charge in [-0.05, 0) is 68.9 Å². The third-order valence-corrected chi connectivity index (χ3v) is 7.61. The molecule has 12 heteroatoms. The van der Waals surface area contributed by atoms with Crippen molar-refractivity contribution >= 4 is 39.4 Å². The van der Waals surface area contributed by atoms with Gasteiger partial charge in [-0.3, -0.25) is 14.2 Å². The van der Waals surface area contributed by atoms with Crippen LogP contribution in [0.2, 0.25) is 5.02 Å². The van der Waals surface area contributed by atoms with Gasteiger partial charge in [0.15, 0.2) is 0 Å². The summed E-state index contributed by atoms with van der Waals surface area (Å²) in [4.78, 5) is 48.1. The molecule has 0 spiro atoms. The Hall–Kier alpha value is -3.60. The Balaban J connectivity index is 1.24. The average Bonchev–Trinajstić information content (AvgIpc) is 3.22. The maximum absolute atomic E-state index is 13.5. The number of carbonyl (C=O) groups is 1. The fourth-order valence-corrected chi connectivity index (χ4v) is 5.71. The van der Waals surface area contributed by atoms with Gasteiger partial charge in [-0.1, -0.05) is 23.7 Å². The van der Waals surface area contributed by atoms with Gasteiger partial charge in [0.05, 0.1) is 21.9 Å². The summed E-state index contributed by atoms with van der Waals surface area (Å²) in [6, 6.07) is 11.2. The molecule has 0 atom stereocenters. The Morgan fingerprint density at radius 3 is 2.54 bits per heavy atom. The summed E-state index contributed by atoms with van der Waals surface area (Å²) in [5.41, 5.74) is 1.29. The Bertz CT molecular complexity index is 1620. The molecule has 0 radical (unpaired) electrons. The van der Waals surface area contributed by atoms with Crippen LogP contribution >= 0.6 is 11.6 Å². The van der Waals surface area contributed by atoms with Crippen LogP contribution in [0.1, 0.15) is 50.4 Å². The molecule has 4 aromatic rings. The first-order chi connectivity index (χ1) is 18.6. The van der Waals surface area contributed by atoms with E-state index in [1.165, 1.54) is 0 Å². The molecule has 1 amide bonds. The van der Waals surface area contributed by atoms with Crippen molar-refractivity contribution in [3.05, 3.63) is 74.1 Å². The van der Waals surface area contributed by atoms with Gasteiger partial charge >= 0.3 is 17.8 Å². The van der Waals surface area contributed by atoms with Crippen LogP contribution in [0.3, 0.4) is 0 Å². The minimum Gasteiger partial charge on any atom is -0.332 e. The number of fused-ring (bicyclic) bond motifs is 2. The second kappa shape index (κ2) is 10.9. The van der Waals surface area contributed by atoms with Crippen LogP contribution in [0.25, 0.3) is 21.9 Å². The maximum atomic E-state index is 13.5. The number of carbonyl (C=O) groups excluding carboxylic acids is 1. The molecule has 1 fully saturated rings. The van der Waals surface area contributed by atoms with E-state index in [0.29, 0.717) is 77.7 Å². The molecule has 1 aliphatic carbocycles. The van der Waals surface area contributed by atoms with Crippen molar-refractivity contribution in [2.45, 2.75) is 63.2 Å². The summed E-state index contributed by atoms with van der Waals surface area (Å²) in [7, 11) is 0. The molecule has 5 rings (SSSR count). The number of aromatic nitrogens is 4. The molecule has 39 heavy (non-hydrogen) atoms. The number of unbranched alkanes of at least 4 members (excludes halogenated alkanes) is 1. The molecule has 1 saturated carbocycles. The molecular formula is C27H27ClF3N5O3. The quantitative estimate of drug-likeness (QED) is 0.306. The third kappa shape index (κ3) is 5.73. The minimum atomic E-state index is -4.98. The van der Waals surface area contributed by atoms with Crippen LogP contribution < -0.4 is 11.2 Å². The molecule has 0 bridgehead atoms. The van der Waals surface area contributed by atoms with Gasteiger partial charge < -0.3 is 14.9 Å².